The highest BCUT2D eigenvalue weighted by Crippen LogP contribution is 2.39. The van der Waals surface area contributed by atoms with E-state index in [4.69, 9.17) is 9.47 Å². The van der Waals surface area contributed by atoms with Crippen molar-refractivity contribution < 1.29 is 19.7 Å². The molecule has 0 unspecified atom stereocenters. The van der Waals surface area contributed by atoms with Crippen molar-refractivity contribution in [3.63, 3.8) is 0 Å². The van der Waals surface area contributed by atoms with Crippen LogP contribution < -0.4 is 14.8 Å². The molecule has 0 atom stereocenters. The summed E-state index contributed by atoms with van der Waals surface area (Å²) >= 11 is 0. The van der Waals surface area contributed by atoms with Crippen LogP contribution in [0.3, 0.4) is 0 Å². The summed E-state index contributed by atoms with van der Waals surface area (Å²) < 4.78 is 10.7. The van der Waals surface area contributed by atoms with Crippen LogP contribution in [-0.2, 0) is 0 Å². The number of methoxy groups -OCH3 is 1. The van der Waals surface area contributed by atoms with Crippen molar-refractivity contribution in [1.82, 2.24) is 5.32 Å². The number of nitrogens with one attached hydrogen (secondary N) is 1. The number of rotatable bonds is 3. The van der Waals surface area contributed by atoms with Crippen LogP contribution in [0.1, 0.15) is 12.8 Å². The van der Waals surface area contributed by atoms with E-state index in [9.17, 15) is 10.2 Å². The summed E-state index contributed by atoms with van der Waals surface area (Å²) in [6, 6.07) is 2.98. The summed E-state index contributed by atoms with van der Waals surface area (Å²) in [6.07, 6.45) is 2.01. The van der Waals surface area contributed by atoms with Crippen LogP contribution in [-0.4, -0.2) is 36.5 Å². The zero-order chi connectivity index (χ0) is 12.3. The van der Waals surface area contributed by atoms with Gasteiger partial charge in [0.15, 0.2) is 11.5 Å². The van der Waals surface area contributed by atoms with Crippen molar-refractivity contribution in [2.24, 2.45) is 0 Å². The van der Waals surface area contributed by atoms with Crippen molar-refractivity contribution in [3.8, 4) is 23.0 Å². The third-order valence-corrected chi connectivity index (χ3v) is 2.84. The van der Waals surface area contributed by atoms with Crippen LogP contribution in [0.4, 0.5) is 0 Å². The molecule has 1 saturated heterocycles. The third kappa shape index (κ3) is 2.74. The molecule has 5 nitrogen and oxygen atoms in total. The molecule has 1 heterocycles. The minimum absolute atomic E-state index is 0.143. The molecule has 0 radical (unpaired) electrons. The second-order valence-corrected chi connectivity index (χ2v) is 4.06. The highest BCUT2D eigenvalue weighted by Gasteiger charge is 2.17. The molecule has 3 N–H and O–H groups in total. The molecule has 0 aromatic heterocycles. The lowest BCUT2D eigenvalue weighted by Gasteiger charge is -2.24. The van der Waals surface area contributed by atoms with Gasteiger partial charge in [-0.05, 0) is 25.9 Å². The number of phenols is 2. The van der Waals surface area contributed by atoms with E-state index in [2.05, 4.69) is 5.32 Å². The van der Waals surface area contributed by atoms with Crippen LogP contribution in [0.15, 0.2) is 12.1 Å². The van der Waals surface area contributed by atoms with E-state index in [0.29, 0.717) is 5.75 Å². The predicted molar refractivity (Wildman–Crippen MR) is 62.8 cm³/mol. The van der Waals surface area contributed by atoms with E-state index in [-0.39, 0.29) is 23.4 Å². The second kappa shape index (κ2) is 5.14. The van der Waals surface area contributed by atoms with Gasteiger partial charge >= 0.3 is 0 Å². The van der Waals surface area contributed by atoms with E-state index in [1.54, 1.807) is 6.07 Å². The first-order valence-electron chi connectivity index (χ1n) is 5.68. The Balaban J connectivity index is 2.12. The monoisotopic (exact) mass is 239 g/mol. The number of hydrogen-bond acceptors (Lipinski definition) is 5. The van der Waals surface area contributed by atoms with Crippen LogP contribution in [0, 0.1) is 0 Å². The number of piperidine rings is 1. The van der Waals surface area contributed by atoms with E-state index >= 15 is 0 Å². The molecule has 1 aliphatic rings. The zero-order valence-electron chi connectivity index (χ0n) is 9.77. The van der Waals surface area contributed by atoms with E-state index in [0.717, 1.165) is 25.9 Å². The fourth-order valence-corrected chi connectivity index (χ4v) is 1.90. The number of hydrogen-bond donors (Lipinski definition) is 3. The Labute approximate surface area is 100.0 Å². The Kier molecular flexibility index (Phi) is 3.58. The maximum Gasteiger partial charge on any atom is 0.200 e. The van der Waals surface area contributed by atoms with Gasteiger partial charge < -0.3 is 25.0 Å². The van der Waals surface area contributed by atoms with Gasteiger partial charge in [0.1, 0.15) is 11.9 Å². The molecule has 0 spiro atoms. The van der Waals surface area contributed by atoms with Crippen molar-refractivity contribution in [2.45, 2.75) is 18.9 Å². The van der Waals surface area contributed by atoms with Gasteiger partial charge in [-0.1, -0.05) is 0 Å². The Hall–Kier alpha value is -1.62. The van der Waals surface area contributed by atoms with Gasteiger partial charge in [0, 0.05) is 12.1 Å². The van der Waals surface area contributed by atoms with E-state index in [1.165, 1.54) is 13.2 Å². The molecule has 0 saturated carbocycles. The summed E-state index contributed by atoms with van der Waals surface area (Å²) in [5, 5.41) is 22.3. The highest BCUT2D eigenvalue weighted by molar-refractivity contribution is 5.54. The Bertz CT molecular complexity index is 388. The Morgan fingerprint density at radius 2 is 1.94 bits per heavy atom. The minimum Gasteiger partial charge on any atom is -0.504 e. The molecule has 1 aliphatic heterocycles. The van der Waals surface area contributed by atoms with Crippen LogP contribution in [0.5, 0.6) is 23.0 Å². The molecule has 94 valence electrons. The summed E-state index contributed by atoms with van der Waals surface area (Å²) in [6.45, 7) is 1.87. The Morgan fingerprint density at radius 3 is 2.59 bits per heavy atom. The minimum atomic E-state index is -0.259. The average Bonchev–Trinajstić information content (AvgIpc) is 2.35. The van der Waals surface area contributed by atoms with E-state index < -0.39 is 0 Å². The zero-order valence-corrected chi connectivity index (χ0v) is 9.77. The first-order valence-corrected chi connectivity index (χ1v) is 5.68. The largest absolute Gasteiger partial charge is 0.504 e. The lowest BCUT2D eigenvalue weighted by Crippen LogP contribution is -2.34. The Morgan fingerprint density at radius 1 is 1.24 bits per heavy atom. The van der Waals surface area contributed by atoms with Gasteiger partial charge in [-0.2, -0.15) is 0 Å². The van der Waals surface area contributed by atoms with Crippen molar-refractivity contribution >= 4 is 0 Å². The predicted octanol–water partition coefficient (Wildman–Crippen LogP) is 1.24. The lowest BCUT2D eigenvalue weighted by molar-refractivity contribution is 0.161. The second-order valence-electron chi connectivity index (χ2n) is 4.06. The molecular formula is C12H17NO4. The molecule has 1 fully saturated rings. The average molecular weight is 239 g/mol. The number of benzene rings is 1. The van der Waals surface area contributed by atoms with Crippen LogP contribution >= 0.6 is 0 Å². The topological polar surface area (TPSA) is 71.0 Å². The normalized spacial score (nSPS) is 16.8. The summed E-state index contributed by atoms with van der Waals surface area (Å²) in [5.74, 6) is 0.247. The molecule has 17 heavy (non-hydrogen) atoms. The quantitative estimate of drug-likeness (QED) is 0.692. The smallest absolute Gasteiger partial charge is 0.200 e. The molecule has 0 bridgehead atoms. The fourth-order valence-electron chi connectivity index (χ4n) is 1.90. The van der Waals surface area contributed by atoms with Gasteiger partial charge in [-0.3, -0.25) is 0 Å². The van der Waals surface area contributed by atoms with Crippen LogP contribution in [0.2, 0.25) is 0 Å². The number of phenolic OH excluding ortho intramolecular Hbond substituents is 2. The first kappa shape index (κ1) is 11.9. The molecule has 5 heteroatoms. The molecule has 1 aromatic carbocycles. The maximum atomic E-state index is 9.52. The fraction of sp³-hybridized carbons (Fsp3) is 0.500. The number of aromatic hydroxyl groups is 2. The maximum absolute atomic E-state index is 9.52. The lowest BCUT2D eigenvalue weighted by atomic mass is 10.1. The number of ether oxygens (including phenoxy) is 2. The third-order valence-electron chi connectivity index (χ3n) is 2.84. The van der Waals surface area contributed by atoms with Gasteiger partial charge in [0.05, 0.1) is 7.11 Å². The summed E-state index contributed by atoms with van der Waals surface area (Å²) in [5.41, 5.74) is 0. The highest BCUT2D eigenvalue weighted by atomic mass is 16.5. The molecule has 0 amide bonds. The first-order chi connectivity index (χ1) is 8.20. The SMILES string of the molecule is COc1cc(OC2CCNCC2)cc(O)c1O. The summed E-state index contributed by atoms with van der Waals surface area (Å²) in [4.78, 5) is 0. The summed E-state index contributed by atoms with van der Waals surface area (Å²) in [7, 11) is 1.43. The molecule has 0 aliphatic carbocycles. The van der Waals surface area contributed by atoms with Gasteiger partial charge in [-0.15, -0.1) is 0 Å². The standard InChI is InChI=1S/C12H17NO4/c1-16-11-7-9(6-10(14)12(11)15)17-8-2-4-13-5-3-8/h6-8,13-15H,2-5H2,1H3. The van der Waals surface area contributed by atoms with Gasteiger partial charge in [0.2, 0.25) is 5.75 Å². The van der Waals surface area contributed by atoms with Crippen molar-refractivity contribution in [1.29, 1.82) is 0 Å². The van der Waals surface area contributed by atoms with Crippen molar-refractivity contribution in [2.75, 3.05) is 20.2 Å². The molecular weight excluding hydrogens is 222 g/mol. The van der Waals surface area contributed by atoms with Crippen LogP contribution in [0.25, 0.3) is 0 Å². The van der Waals surface area contributed by atoms with E-state index in [1.807, 2.05) is 0 Å². The van der Waals surface area contributed by atoms with Crippen molar-refractivity contribution in [3.05, 3.63) is 12.1 Å². The van der Waals surface area contributed by atoms with Gasteiger partial charge in [0.25, 0.3) is 0 Å². The molecule has 2 rings (SSSR count). The van der Waals surface area contributed by atoms with Gasteiger partial charge in [-0.25, -0.2) is 0 Å². The molecule has 1 aromatic rings.